The number of alkyl carbamates (subject to hydrolysis) is 1. The lowest BCUT2D eigenvalue weighted by Gasteiger charge is -2.19. The smallest absolute Gasteiger partial charge is 0.407 e. The van der Waals surface area contributed by atoms with E-state index in [1.807, 2.05) is 49.6 Å². The summed E-state index contributed by atoms with van der Waals surface area (Å²) in [5, 5.41) is 2.75. The van der Waals surface area contributed by atoms with Gasteiger partial charge in [-0.25, -0.2) is 9.78 Å². The van der Waals surface area contributed by atoms with E-state index in [4.69, 9.17) is 9.47 Å². The first kappa shape index (κ1) is 16.9. The Labute approximate surface area is 136 Å². The summed E-state index contributed by atoms with van der Waals surface area (Å²) in [5.74, 6) is 0.786. The monoisotopic (exact) mass is 317 g/mol. The van der Waals surface area contributed by atoms with Gasteiger partial charge in [-0.3, -0.25) is 0 Å². The van der Waals surface area contributed by atoms with Gasteiger partial charge in [-0.15, -0.1) is 0 Å². The molecule has 0 spiro atoms. The molecule has 124 valence electrons. The highest BCUT2D eigenvalue weighted by molar-refractivity contribution is 5.67. The van der Waals surface area contributed by atoms with E-state index in [9.17, 15) is 4.79 Å². The molecule has 0 aliphatic carbocycles. The highest BCUT2D eigenvalue weighted by Gasteiger charge is 2.15. The molecule has 0 aliphatic heterocycles. The van der Waals surface area contributed by atoms with Crippen LogP contribution in [-0.2, 0) is 11.2 Å². The van der Waals surface area contributed by atoms with Crippen molar-refractivity contribution in [2.45, 2.75) is 32.8 Å². The molecule has 6 heteroatoms. The summed E-state index contributed by atoms with van der Waals surface area (Å²) >= 11 is 0. The molecule has 0 aliphatic rings. The first-order valence-corrected chi connectivity index (χ1v) is 7.51. The van der Waals surface area contributed by atoms with Crippen molar-refractivity contribution in [1.82, 2.24) is 14.9 Å². The molecular weight excluding hydrogens is 294 g/mol. The number of aromatic nitrogens is 2. The number of carbonyl (C=O) groups excluding carboxylic acids is 1. The topological polar surface area (TPSA) is 65.4 Å². The number of rotatable bonds is 5. The highest BCUT2D eigenvalue weighted by Crippen LogP contribution is 2.18. The number of hydrogen-bond donors (Lipinski definition) is 1. The summed E-state index contributed by atoms with van der Waals surface area (Å²) in [4.78, 5) is 15.8. The lowest BCUT2D eigenvalue weighted by atomic mass is 10.2. The number of nitrogens with one attached hydrogen (secondary N) is 1. The van der Waals surface area contributed by atoms with Crippen molar-refractivity contribution in [2.24, 2.45) is 0 Å². The molecule has 2 rings (SSSR count). The van der Waals surface area contributed by atoms with Crippen molar-refractivity contribution in [3.63, 3.8) is 0 Å². The van der Waals surface area contributed by atoms with Crippen molar-refractivity contribution in [2.75, 3.05) is 13.7 Å². The van der Waals surface area contributed by atoms with Gasteiger partial charge < -0.3 is 19.4 Å². The Balaban J connectivity index is 1.97. The zero-order valence-electron chi connectivity index (χ0n) is 14.0. The van der Waals surface area contributed by atoms with E-state index < -0.39 is 11.7 Å². The maximum absolute atomic E-state index is 11.7. The van der Waals surface area contributed by atoms with Crippen molar-refractivity contribution in [3.05, 3.63) is 42.5 Å². The molecule has 0 bridgehead atoms. The van der Waals surface area contributed by atoms with Gasteiger partial charge >= 0.3 is 6.09 Å². The summed E-state index contributed by atoms with van der Waals surface area (Å²) in [5.41, 5.74) is 1.47. The third-order valence-corrected chi connectivity index (χ3v) is 3.10. The van der Waals surface area contributed by atoms with E-state index in [1.165, 1.54) is 0 Å². The largest absolute Gasteiger partial charge is 0.497 e. The van der Waals surface area contributed by atoms with Crippen LogP contribution < -0.4 is 10.1 Å². The van der Waals surface area contributed by atoms with Crippen molar-refractivity contribution in [1.29, 1.82) is 0 Å². The van der Waals surface area contributed by atoms with Gasteiger partial charge in [-0.05, 0) is 32.9 Å². The van der Waals surface area contributed by atoms with Crippen LogP contribution in [0.5, 0.6) is 5.75 Å². The molecule has 1 aromatic carbocycles. The van der Waals surface area contributed by atoms with Crippen LogP contribution in [0.2, 0.25) is 0 Å². The van der Waals surface area contributed by atoms with Gasteiger partial charge in [0.1, 0.15) is 11.4 Å². The second-order valence-corrected chi connectivity index (χ2v) is 6.14. The Hall–Kier alpha value is -2.50. The van der Waals surface area contributed by atoms with E-state index in [0.29, 0.717) is 13.0 Å². The van der Waals surface area contributed by atoms with E-state index in [-0.39, 0.29) is 0 Å². The normalized spacial score (nSPS) is 11.1. The van der Waals surface area contributed by atoms with Crippen molar-refractivity contribution in [3.8, 4) is 11.4 Å². The van der Waals surface area contributed by atoms with Gasteiger partial charge in [-0.2, -0.15) is 0 Å². The number of hydrogen-bond acceptors (Lipinski definition) is 4. The molecule has 0 saturated carbocycles. The summed E-state index contributed by atoms with van der Waals surface area (Å²) in [6.45, 7) is 5.99. The Morgan fingerprint density at radius 3 is 2.83 bits per heavy atom. The fourth-order valence-electron chi connectivity index (χ4n) is 2.11. The molecule has 0 unspecified atom stereocenters. The van der Waals surface area contributed by atoms with E-state index in [1.54, 1.807) is 19.6 Å². The zero-order chi connectivity index (χ0) is 16.9. The number of methoxy groups -OCH3 is 1. The van der Waals surface area contributed by atoms with Gasteiger partial charge in [0.2, 0.25) is 0 Å². The summed E-state index contributed by atoms with van der Waals surface area (Å²) < 4.78 is 12.4. The molecule has 0 atom stereocenters. The van der Waals surface area contributed by atoms with Gasteiger partial charge in [0, 0.05) is 30.9 Å². The van der Waals surface area contributed by atoms with Gasteiger partial charge in [-0.1, -0.05) is 6.07 Å². The standard InChI is InChI=1S/C17H23N3O3/c1-17(2,3)23-16(21)19-9-8-14-11-18-12-20(14)13-6-5-7-15(10-13)22-4/h5-7,10-12H,8-9H2,1-4H3,(H,19,21). The predicted octanol–water partition coefficient (Wildman–Crippen LogP) is 2.95. The molecule has 0 fully saturated rings. The van der Waals surface area contributed by atoms with Crippen molar-refractivity contribution >= 4 is 6.09 Å². The van der Waals surface area contributed by atoms with Gasteiger partial charge in [0.05, 0.1) is 19.1 Å². The number of carbonyl (C=O) groups is 1. The molecule has 1 N–H and O–H groups in total. The number of nitrogens with zero attached hydrogens (tertiary/aromatic N) is 2. The van der Waals surface area contributed by atoms with Crippen LogP contribution in [0.4, 0.5) is 4.79 Å². The molecule has 1 heterocycles. The van der Waals surface area contributed by atoms with Crippen LogP contribution in [0.25, 0.3) is 5.69 Å². The summed E-state index contributed by atoms with van der Waals surface area (Å²) in [6.07, 6.45) is 3.77. The Morgan fingerprint density at radius 1 is 1.35 bits per heavy atom. The Kier molecular flexibility index (Phi) is 5.26. The highest BCUT2D eigenvalue weighted by atomic mass is 16.6. The lowest BCUT2D eigenvalue weighted by Crippen LogP contribution is -2.33. The van der Waals surface area contributed by atoms with Crippen LogP contribution in [0.3, 0.4) is 0 Å². The number of amides is 1. The first-order chi connectivity index (χ1) is 10.9. The second kappa shape index (κ2) is 7.17. The average molecular weight is 317 g/mol. The van der Waals surface area contributed by atoms with Crippen LogP contribution in [0.15, 0.2) is 36.8 Å². The van der Waals surface area contributed by atoms with Crippen molar-refractivity contribution < 1.29 is 14.3 Å². The maximum Gasteiger partial charge on any atom is 0.407 e. The molecule has 6 nitrogen and oxygen atoms in total. The average Bonchev–Trinajstić information content (AvgIpc) is 2.94. The number of benzene rings is 1. The minimum Gasteiger partial charge on any atom is -0.497 e. The molecule has 0 radical (unpaired) electrons. The van der Waals surface area contributed by atoms with E-state index in [0.717, 1.165) is 17.1 Å². The van der Waals surface area contributed by atoms with Gasteiger partial charge in [0.25, 0.3) is 0 Å². The molecule has 1 amide bonds. The third kappa shape index (κ3) is 5.02. The molecule has 23 heavy (non-hydrogen) atoms. The molecule has 1 aromatic heterocycles. The minimum atomic E-state index is -0.494. The van der Waals surface area contributed by atoms with Crippen LogP contribution in [0, 0.1) is 0 Å². The minimum absolute atomic E-state index is 0.412. The van der Waals surface area contributed by atoms with E-state index in [2.05, 4.69) is 10.3 Å². The lowest BCUT2D eigenvalue weighted by molar-refractivity contribution is 0.0528. The van der Waals surface area contributed by atoms with Crippen LogP contribution in [0.1, 0.15) is 26.5 Å². The zero-order valence-corrected chi connectivity index (χ0v) is 14.0. The molecule has 2 aromatic rings. The predicted molar refractivity (Wildman–Crippen MR) is 88.1 cm³/mol. The fourth-order valence-corrected chi connectivity index (χ4v) is 2.11. The third-order valence-electron chi connectivity index (χ3n) is 3.10. The quantitative estimate of drug-likeness (QED) is 0.921. The number of ether oxygens (including phenoxy) is 2. The van der Waals surface area contributed by atoms with Crippen LogP contribution in [-0.4, -0.2) is 34.9 Å². The summed E-state index contributed by atoms with van der Waals surface area (Å²) in [7, 11) is 1.64. The SMILES string of the molecule is COc1cccc(-n2cncc2CCNC(=O)OC(C)(C)C)c1. The summed E-state index contributed by atoms with van der Waals surface area (Å²) in [6, 6.07) is 7.74. The Morgan fingerprint density at radius 2 is 2.13 bits per heavy atom. The molecule has 0 saturated heterocycles. The fraction of sp³-hybridized carbons (Fsp3) is 0.412. The Bertz CT molecular complexity index is 659. The van der Waals surface area contributed by atoms with Gasteiger partial charge in [0.15, 0.2) is 0 Å². The van der Waals surface area contributed by atoms with E-state index >= 15 is 0 Å². The second-order valence-electron chi connectivity index (χ2n) is 6.14. The van der Waals surface area contributed by atoms with Crippen LogP contribution >= 0.6 is 0 Å². The number of imidazole rings is 1. The maximum atomic E-state index is 11.7. The first-order valence-electron chi connectivity index (χ1n) is 7.51. The molecular formula is C17H23N3O3.